The first kappa shape index (κ1) is 21.1. The zero-order chi connectivity index (χ0) is 20.6. The maximum atomic E-state index is 13.4. The number of piperidine rings is 2. The molecule has 0 N–H and O–H groups in total. The number of aromatic nitrogens is 2. The smallest absolute Gasteiger partial charge is 0.230 e. The van der Waals surface area contributed by atoms with E-state index in [1.165, 1.54) is 64.7 Å². The van der Waals surface area contributed by atoms with Crippen molar-refractivity contribution >= 4 is 5.78 Å². The summed E-state index contributed by atoms with van der Waals surface area (Å²) in [7, 11) is 0. The van der Waals surface area contributed by atoms with Gasteiger partial charge in [-0.1, -0.05) is 25.0 Å². The number of hydrogen-bond donors (Lipinski definition) is 0. The Balaban J connectivity index is 1.46. The van der Waals surface area contributed by atoms with Gasteiger partial charge in [0.15, 0.2) is 0 Å². The Labute approximate surface area is 180 Å². The molecule has 2 aliphatic rings. The van der Waals surface area contributed by atoms with Crippen LogP contribution in [0.15, 0.2) is 36.7 Å². The molecular weight excluding hydrogens is 372 g/mol. The fraction of sp³-hybridized carbons (Fsp3) is 0.560. The first-order valence-corrected chi connectivity index (χ1v) is 11.7. The van der Waals surface area contributed by atoms with Gasteiger partial charge in [-0.3, -0.25) is 14.8 Å². The van der Waals surface area contributed by atoms with Crippen LogP contribution in [0.3, 0.4) is 0 Å². The zero-order valence-electron chi connectivity index (χ0n) is 18.1. The molecule has 2 aromatic heterocycles. The number of nitrogens with zero attached hydrogens (tertiary/aromatic N) is 4. The molecule has 2 aromatic rings. The summed E-state index contributed by atoms with van der Waals surface area (Å²) in [5.41, 5.74) is 3.24. The molecule has 0 atom stereocenters. The Morgan fingerprint density at radius 3 is 1.57 bits per heavy atom. The zero-order valence-corrected chi connectivity index (χ0v) is 18.1. The first-order chi connectivity index (χ1) is 14.8. The molecule has 0 saturated carbocycles. The van der Waals surface area contributed by atoms with Gasteiger partial charge in [0, 0.05) is 25.5 Å². The van der Waals surface area contributed by atoms with Crippen LogP contribution in [0.2, 0.25) is 0 Å². The molecule has 0 bridgehead atoms. The molecular formula is C25H34N4O. The van der Waals surface area contributed by atoms with Gasteiger partial charge in [-0.15, -0.1) is 0 Å². The average molecular weight is 407 g/mol. The maximum Gasteiger partial charge on any atom is 0.230 e. The van der Waals surface area contributed by atoms with Gasteiger partial charge in [-0.25, -0.2) is 0 Å². The van der Waals surface area contributed by atoms with Crippen LogP contribution in [-0.4, -0.2) is 64.8 Å². The molecule has 0 amide bonds. The Bertz CT molecular complexity index is 758. The Morgan fingerprint density at radius 1 is 0.700 bits per heavy atom. The van der Waals surface area contributed by atoms with E-state index in [1.54, 1.807) is 12.4 Å². The van der Waals surface area contributed by atoms with Crippen molar-refractivity contribution in [3.63, 3.8) is 0 Å². The van der Waals surface area contributed by atoms with Gasteiger partial charge in [-0.2, -0.15) is 0 Å². The van der Waals surface area contributed by atoms with Crippen LogP contribution >= 0.6 is 0 Å². The molecule has 5 heteroatoms. The number of ketones is 1. The Kier molecular flexibility index (Phi) is 7.59. The van der Waals surface area contributed by atoms with E-state index in [2.05, 4.69) is 31.9 Å². The van der Waals surface area contributed by atoms with Crippen LogP contribution in [0.4, 0.5) is 0 Å². The van der Waals surface area contributed by atoms with E-state index in [0.29, 0.717) is 11.4 Å². The second-order valence-corrected chi connectivity index (χ2v) is 8.66. The largest absolute Gasteiger partial charge is 0.303 e. The minimum atomic E-state index is -0.0292. The predicted molar refractivity (Wildman–Crippen MR) is 120 cm³/mol. The van der Waals surface area contributed by atoms with Crippen LogP contribution in [0.1, 0.15) is 65.8 Å². The molecule has 0 radical (unpaired) electrons. The minimum absolute atomic E-state index is 0.0292. The molecule has 0 aromatic carbocycles. The molecule has 0 spiro atoms. The average Bonchev–Trinajstić information content (AvgIpc) is 2.83. The van der Waals surface area contributed by atoms with Crippen molar-refractivity contribution in [2.75, 3.05) is 39.3 Å². The van der Waals surface area contributed by atoms with Gasteiger partial charge in [0.2, 0.25) is 5.78 Å². The van der Waals surface area contributed by atoms with E-state index in [-0.39, 0.29) is 5.78 Å². The lowest BCUT2D eigenvalue weighted by Crippen LogP contribution is -2.32. The quantitative estimate of drug-likeness (QED) is 0.625. The predicted octanol–water partition coefficient (Wildman–Crippen LogP) is 3.76. The van der Waals surface area contributed by atoms with E-state index in [9.17, 15) is 4.79 Å². The fourth-order valence-electron chi connectivity index (χ4n) is 4.72. The lowest BCUT2D eigenvalue weighted by atomic mass is 10.00. The molecule has 5 nitrogen and oxygen atoms in total. The summed E-state index contributed by atoms with van der Waals surface area (Å²) in [6.07, 6.45) is 13.0. The van der Waals surface area contributed by atoms with E-state index >= 15 is 0 Å². The molecule has 30 heavy (non-hydrogen) atoms. The van der Waals surface area contributed by atoms with Crippen molar-refractivity contribution in [1.82, 2.24) is 19.8 Å². The number of pyridine rings is 2. The number of hydrogen-bond acceptors (Lipinski definition) is 5. The highest BCUT2D eigenvalue weighted by Gasteiger charge is 2.21. The van der Waals surface area contributed by atoms with Crippen molar-refractivity contribution in [3.8, 4) is 0 Å². The van der Waals surface area contributed by atoms with Crippen LogP contribution in [-0.2, 0) is 12.8 Å². The molecule has 0 unspecified atom stereocenters. The maximum absolute atomic E-state index is 13.4. The van der Waals surface area contributed by atoms with Gasteiger partial charge in [0.05, 0.1) is 0 Å². The molecule has 4 rings (SSSR count). The minimum Gasteiger partial charge on any atom is -0.303 e. The fourth-order valence-corrected chi connectivity index (χ4v) is 4.72. The SMILES string of the molecule is O=C(c1ncccc1CCN1CCCCC1)c1ncccc1CCN1CCCCC1. The summed E-state index contributed by atoms with van der Waals surface area (Å²) >= 11 is 0. The third kappa shape index (κ3) is 5.52. The summed E-state index contributed by atoms with van der Waals surface area (Å²) < 4.78 is 0. The van der Waals surface area contributed by atoms with Crippen LogP contribution in [0.25, 0.3) is 0 Å². The third-order valence-electron chi connectivity index (χ3n) is 6.50. The summed E-state index contributed by atoms with van der Waals surface area (Å²) in [6.45, 7) is 6.68. The van der Waals surface area contributed by atoms with Gasteiger partial charge < -0.3 is 9.80 Å². The highest BCUT2D eigenvalue weighted by molar-refractivity contribution is 6.08. The molecule has 4 heterocycles. The standard InChI is InChI=1S/C25H34N4O/c30-25(23-21(9-7-13-26-23)11-19-28-15-3-1-4-16-28)24-22(10-8-14-27-24)12-20-29-17-5-2-6-18-29/h7-10,13-14H,1-6,11-12,15-20H2. The lowest BCUT2D eigenvalue weighted by Gasteiger charge is -2.26. The summed E-state index contributed by atoms with van der Waals surface area (Å²) in [5, 5.41) is 0. The summed E-state index contributed by atoms with van der Waals surface area (Å²) in [4.78, 5) is 27.4. The molecule has 2 fully saturated rings. The molecule has 0 aliphatic carbocycles. The van der Waals surface area contributed by atoms with Crippen LogP contribution < -0.4 is 0 Å². The second-order valence-electron chi connectivity index (χ2n) is 8.66. The number of carbonyl (C=O) groups is 1. The Morgan fingerprint density at radius 2 is 1.13 bits per heavy atom. The second kappa shape index (κ2) is 10.8. The number of rotatable bonds is 8. The van der Waals surface area contributed by atoms with Gasteiger partial charge in [0.1, 0.15) is 11.4 Å². The lowest BCUT2D eigenvalue weighted by molar-refractivity contribution is 0.102. The van der Waals surface area contributed by atoms with Crippen molar-refractivity contribution in [3.05, 3.63) is 59.2 Å². The summed E-state index contributed by atoms with van der Waals surface area (Å²) in [5.74, 6) is -0.0292. The Hall–Kier alpha value is -2.11. The van der Waals surface area contributed by atoms with Gasteiger partial charge in [-0.05, 0) is 88.0 Å². The third-order valence-corrected chi connectivity index (χ3v) is 6.50. The highest BCUT2D eigenvalue weighted by Crippen LogP contribution is 2.18. The van der Waals surface area contributed by atoms with E-state index in [0.717, 1.165) is 37.1 Å². The molecule has 160 valence electrons. The topological polar surface area (TPSA) is 49.3 Å². The van der Waals surface area contributed by atoms with E-state index < -0.39 is 0 Å². The first-order valence-electron chi connectivity index (χ1n) is 11.7. The highest BCUT2D eigenvalue weighted by atomic mass is 16.1. The van der Waals surface area contributed by atoms with Crippen LogP contribution in [0, 0.1) is 0 Å². The normalized spacial score (nSPS) is 18.4. The van der Waals surface area contributed by atoms with Gasteiger partial charge in [0.25, 0.3) is 0 Å². The van der Waals surface area contributed by atoms with E-state index in [1.807, 2.05) is 12.1 Å². The van der Waals surface area contributed by atoms with Crippen molar-refractivity contribution in [2.24, 2.45) is 0 Å². The van der Waals surface area contributed by atoms with Crippen molar-refractivity contribution in [2.45, 2.75) is 51.4 Å². The monoisotopic (exact) mass is 406 g/mol. The number of likely N-dealkylation sites (tertiary alicyclic amines) is 2. The molecule has 2 saturated heterocycles. The number of carbonyl (C=O) groups excluding carboxylic acids is 1. The van der Waals surface area contributed by atoms with Crippen LogP contribution in [0.5, 0.6) is 0 Å². The van der Waals surface area contributed by atoms with Crippen molar-refractivity contribution in [1.29, 1.82) is 0 Å². The van der Waals surface area contributed by atoms with Gasteiger partial charge >= 0.3 is 0 Å². The van der Waals surface area contributed by atoms with Crippen molar-refractivity contribution < 1.29 is 4.79 Å². The van der Waals surface area contributed by atoms with E-state index in [4.69, 9.17) is 0 Å². The summed E-state index contributed by atoms with van der Waals surface area (Å²) in [6, 6.07) is 8.00. The molecule has 2 aliphatic heterocycles.